The first-order chi connectivity index (χ1) is 6.72. The molecule has 1 aliphatic carbocycles. The van der Waals surface area contributed by atoms with Crippen LogP contribution >= 0.6 is 22.6 Å². The van der Waals surface area contributed by atoms with Crippen molar-refractivity contribution in [3.05, 3.63) is 32.6 Å². The number of hydrogen-bond donors (Lipinski definition) is 0. The Morgan fingerprint density at radius 2 is 2.14 bits per heavy atom. The molecule has 0 saturated heterocycles. The Bertz CT molecular complexity index is 342. The second-order valence-electron chi connectivity index (χ2n) is 3.99. The van der Waals surface area contributed by atoms with Crippen molar-refractivity contribution in [1.82, 2.24) is 0 Å². The average Bonchev–Trinajstić information content (AvgIpc) is 2.93. The van der Waals surface area contributed by atoms with Crippen molar-refractivity contribution < 1.29 is 4.39 Å². The summed E-state index contributed by atoms with van der Waals surface area (Å²) in [7, 11) is 0. The largest absolute Gasteiger partial charge is 0.207 e. The molecule has 2 rings (SSSR count). The van der Waals surface area contributed by atoms with Gasteiger partial charge in [0, 0.05) is 3.57 Å². The van der Waals surface area contributed by atoms with Crippen molar-refractivity contribution >= 4 is 22.6 Å². The third-order valence-electron chi connectivity index (χ3n) is 2.70. The normalized spacial score (nSPS) is 15.9. The Kier molecular flexibility index (Phi) is 3.10. The summed E-state index contributed by atoms with van der Waals surface area (Å²) >= 11 is 2.25. The van der Waals surface area contributed by atoms with Gasteiger partial charge in [-0.2, -0.15) is 0 Å². The minimum Gasteiger partial charge on any atom is -0.207 e. The van der Waals surface area contributed by atoms with Gasteiger partial charge < -0.3 is 0 Å². The van der Waals surface area contributed by atoms with Crippen LogP contribution in [0, 0.1) is 9.39 Å². The summed E-state index contributed by atoms with van der Waals surface area (Å²) in [6, 6.07) is 3.78. The van der Waals surface area contributed by atoms with Crippen LogP contribution in [0.15, 0.2) is 12.1 Å². The SMILES string of the molecule is CCCc1cc(C2CC2)c(I)cc1F. The molecule has 0 N–H and O–H groups in total. The van der Waals surface area contributed by atoms with E-state index in [1.54, 1.807) is 6.07 Å². The molecule has 0 bridgehead atoms. The van der Waals surface area contributed by atoms with Crippen LogP contribution in [0.25, 0.3) is 0 Å². The van der Waals surface area contributed by atoms with Crippen molar-refractivity contribution in [3.8, 4) is 0 Å². The van der Waals surface area contributed by atoms with Crippen molar-refractivity contribution in [2.24, 2.45) is 0 Å². The lowest BCUT2D eigenvalue weighted by Gasteiger charge is -2.07. The summed E-state index contributed by atoms with van der Waals surface area (Å²) in [4.78, 5) is 0. The van der Waals surface area contributed by atoms with E-state index in [4.69, 9.17) is 0 Å². The van der Waals surface area contributed by atoms with Gasteiger partial charge in [-0.15, -0.1) is 0 Å². The summed E-state index contributed by atoms with van der Waals surface area (Å²) in [6.07, 6.45) is 4.45. The molecule has 1 fully saturated rings. The third-order valence-corrected chi connectivity index (χ3v) is 3.64. The van der Waals surface area contributed by atoms with E-state index in [0.717, 1.165) is 27.9 Å². The molecule has 0 unspecified atom stereocenters. The van der Waals surface area contributed by atoms with E-state index in [0.29, 0.717) is 0 Å². The van der Waals surface area contributed by atoms with Gasteiger partial charge in [0.2, 0.25) is 0 Å². The van der Waals surface area contributed by atoms with Crippen LogP contribution in [0.1, 0.15) is 43.2 Å². The summed E-state index contributed by atoms with van der Waals surface area (Å²) in [5.41, 5.74) is 2.27. The lowest BCUT2D eigenvalue weighted by molar-refractivity contribution is 0.605. The number of benzene rings is 1. The fourth-order valence-corrected chi connectivity index (χ4v) is 2.65. The molecule has 76 valence electrons. The van der Waals surface area contributed by atoms with E-state index >= 15 is 0 Å². The molecule has 0 aliphatic heterocycles. The molecular formula is C12H14FI. The smallest absolute Gasteiger partial charge is 0.127 e. The molecular weight excluding hydrogens is 290 g/mol. The Morgan fingerprint density at radius 3 is 2.71 bits per heavy atom. The van der Waals surface area contributed by atoms with E-state index in [-0.39, 0.29) is 5.82 Å². The highest BCUT2D eigenvalue weighted by Crippen LogP contribution is 2.42. The summed E-state index contributed by atoms with van der Waals surface area (Å²) in [5.74, 6) is 0.693. The van der Waals surface area contributed by atoms with Crippen LogP contribution in [0.3, 0.4) is 0 Å². The molecule has 1 saturated carbocycles. The second kappa shape index (κ2) is 4.17. The molecule has 0 atom stereocenters. The van der Waals surface area contributed by atoms with E-state index in [1.165, 1.54) is 18.4 Å². The van der Waals surface area contributed by atoms with E-state index in [2.05, 4.69) is 35.6 Å². The maximum absolute atomic E-state index is 13.5. The van der Waals surface area contributed by atoms with Gasteiger partial charge in [0.15, 0.2) is 0 Å². The van der Waals surface area contributed by atoms with E-state index < -0.39 is 0 Å². The molecule has 0 aromatic heterocycles. The fourth-order valence-electron chi connectivity index (χ4n) is 1.78. The van der Waals surface area contributed by atoms with Gasteiger partial charge in [-0.05, 0) is 65.0 Å². The molecule has 0 radical (unpaired) electrons. The Hall–Kier alpha value is -0.120. The van der Waals surface area contributed by atoms with Gasteiger partial charge in [-0.3, -0.25) is 0 Å². The number of aryl methyl sites for hydroxylation is 1. The highest BCUT2D eigenvalue weighted by Gasteiger charge is 2.26. The lowest BCUT2D eigenvalue weighted by atomic mass is 10.0. The van der Waals surface area contributed by atoms with Crippen LogP contribution in [0.5, 0.6) is 0 Å². The Morgan fingerprint density at radius 1 is 1.43 bits per heavy atom. The van der Waals surface area contributed by atoms with E-state index in [1.807, 2.05) is 0 Å². The van der Waals surface area contributed by atoms with Crippen molar-refractivity contribution in [3.63, 3.8) is 0 Å². The quantitative estimate of drug-likeness (QED) is 0.732. The van der Waals surface area contributed by atoms with Crippen molar-refractivity contribution in [2.75, 3.05) is 0 Å². The molecule has 1 aliphatic rings. The number of halogens is 2. The zero-order valence-electron chi connectivity index (χ0n) is 8.32. The van der Waals surface area contributed by atoms with Crippen LogP contribution in [-0.2, 0) is 6.42 Å². The number of hydrogen-bond acceptors (Lipinski definition) is 0. The monoisotopic (exact) mass is 304 g/mol. The van der Waals surface area contributed by atoms with Gasteiger partial charge >= 0.3 is 0 Å². The molecule has 0 nitrogen and oxygen atoms in total. The van der Waals surface area contributed by atoms with Crippen molar-refractivity contribution in [2.45, 2.75) is 38.5 Å². The van der Waals surface area contributed by atoms with Gasteiger partial charge in [-0.1, -0.05) is 19.4 Å². The Labute approximate surface area is 98.0 Å². The van der Waals surface area contributed by atoms with Crippen LogP contribution in [0.4, 0.5) is 4.39 Å². The lowest BCUT2D eigenvalue weighted by Crippen LogP contribution is -1.95. The topological polar surface area (TPSA) is 0 Å². The molecule has 0 spiro atoms. The Balaban J connectivity index is 2.35. The maximum atomic E-state index is 13.5. The van der Waals surface area contributed by atoms with Gasteiger partial charge in [0.1, 0.15) is 5.82 Å². The third kappa shape index (κ3) is 2.10. The average molecular weight is 304 g/mol. The van der Waals surface area contributed by atoms with Crippen LogP contribution in [-0.4, -0.2) is 0 Å². The predicted octanol–water partition coefficient (Wildman–Crippen LogP) is 4.26. The fraction of sp³-hybridized carbons (Fsp3) is 0.500. The minimum absolute atomic E-state index is 0.0272. The molecule has 1 aromatic rings. The first kappa shape index (κ1) is 10.4. The minimum atomic E-state index is -0.0272. The van der Waals surface area contributed by atoms with Crippen LogP contribution in [0.2, 0.25) is 0 Å². The first-order valence-electron chi connectivity index (χ1n) is 5.20. The van der Waals surface area contributed by atoms with Crippen LogP contribution < -0.4 is 0 Å². The first-order valence-corrected chi connectivity index (χ1v) is 6.28. The molecule has 14 heavy (non-hydrogen) atoms. The molecule has 1 aromatic carbocycles. The summed E-state index contributed by atoms with van der Waals surface area (Å²) in [6.45, 7) is 2.09. The molecule has 0 amide bonds. The maximum Gasteiger partial charge on any atom is 0.127 e. The van der Waals surface area contributed by atoms with Gasteiger partial charge in [-0.25, -0.2) is 4.39 Å². The summed E-state index contributed by atoms with van der Waals surface area (Å²) < 4.78 is 14.6. The number of rotatable bonds is 3. The van der Waals surface area contributed by atoms with E-state index in [9.17, 15) is 4.39 Å². The molecule has 2 heteroatoms. The van der Waals surface area contributed by atoms with Gasteiger partial charge in [0.05, 0.1) is 0 Å². The predicted molar refractivity (Wildman–Crippen MR) is 65.1 cm³/mol. The van der Waals surface area contributed by atoms with Gasteiger partial charge in [0.25, 0.3) is 0 Å². The molecule has 0 heterocycles. The standard InChI is InChI=1S/C12H14FI/c1-2-3-9-6-10(8-4-5-8)12(14)7-11(9)13/h6-8H,2-5H2,1H3. The zero-order valence-corrected chi connectivity index (χ0v) is 10.5. The second-order valence-corrected chi connectivity index (χ2v) is 5.15. The summed E-state index contributed by atoms with van der Waals surface area (Å²) in [5, 5.41) is 0. The highest BCUT2D eigenvalue weighted by atomic mass is 127. The van der Waals surface area contributed by atoms with Crippen molar-refractivity contribution in [1.29, 1.82) is 0 Å². The highest BCUT2D eigenvalue weighted by molar-refractivity contribution is 14.1. The zero-order chi connectivity index (χ0) is 10.1.